The van der Waals surface area contributed by atoms with Crippen LogP contribution in [-0.2, 0) is 16.1 Å². The lowest BCUT2D eigenvalue weighted by molar-refractivity contribution is -0.121. The Morgan fingerprint density at radius 2 is 1.96 bits per heavy atom. The number of piperidine rings is 1. The summed E-state index contributed by atoms with van der Waals surface area (Å²) in [7, 11) is 1.63. The number of carbonyl (C=O) groups excluding carboxylic acids is 2. The van der Waals surface area contributed by atoms with Gasteiger partial charge in [-0.3, -0.25) is 9.59 Å². The third-order valence-corrected chi connectivity index (χ3v) is 4.89. The highest BCUT2D eigenvalue weighted by Gasteiger charge is 2.15. The molecule has 1 aliphatic heterocycles. The van der Waals surface area contributed by atoms with Crippen LogP contribution in [0.4, 0.5) is 5.69 Å². The Morgan fingerprint density at radius 3 is 2.69 bits per heavy atom. The van der Waals surface area contributed by atoms with Crippen molar-refractivity contribution >= 4 is 40.8 Å². The number of fused-ring (bicyclic) bond motifs is 1. The van der Waals surface area contributed by atoms with Crippen LogP contribution in [0.3, 0.4) is 0 Å². The molecule has 3 rings (SSSR count). The number of aromatic nitrogens is 1. The summed E-state index contributed by atoms with van der Waals surface area (Å²) in [5.41, 5.74) is 1.72. The van der Waals surface area contributed by atoms with Gasteiger partial charge in [-0.25, -0.2) is 0 Å². The second-order valence-corrected chi connectivity index (χ2v) is 6.67. The van der Waals surface area contributed by atoms with Gasteiger partial charge in [0.15, 0.2) is 0 Å². The van der Waals surface area contributed by atoms with Crippen molar-refractivity contribution in [1.82, 2.24) is 15.2 Å². The van der Waals surface area contributed by atoms with Crippen molar-refractivity contribution in [3.05, 3.63) is 30.5 Å². The lowest BCUT2D eigenvalue weighted by Gasteiger charge is -2.22. The molecular weight excluding hydrogens is 352 g/mol. The standard InChI is InChI=1S/C19H26N4O2.ClH/c1-20-19(25)13-23-11-8-15-3-4-16(12-17(15)23)22-18(24)5-2-14-6-9-21-10-7-14;/h3-4,8,11-12,14,21H,2,5-7,9-10,13H2,1H3,(H,20,25)(H,22,24);1H. The maximum atomic E-state index is 12.2. The van der Waals surface area contributed by atoms with Crippen LogP contribution in [0.15, 0.2) is 30.5 Å². The summed E-state index contributed by atoms with van der Waals surface area (Å²) in [6.07, 6.45) is 5.71. The predicted octanol–water partition coefficient (Wildman–Crippen LogP) is 2.53. The molecule has 2 aromatic rings. The fourth-order valence-electron chi connectivity index (χ4n) is 3.36. The monoisotopic (exact) mass is 378 g/mol. The van der Waals surface area contributed by atoms with E-state index in [1.54, 1.807) is 7.05 Å². The first-order valence-corrected chi connectivity index (χ1v) is 8.96. The van der Waals surface area contributed by atoms with E-state index >= 15 is 0 Å². The van der Waals surface area contributed by atoms with Gasteiger partial charge >= 0.3 is 0 Å². The smallest absolute Gasteiger partial charge is 0.239 e. The average Bonchev–Trinajstić information content (AvgIpc) is 3.03. The summed E-state index contributed by atoms with van der Waals surface area (Å²) in [6.45, 7) is 2.39. The first-order valence-electron chi connectivity index (χ1n) is 8.96. The van der Waals surface area contributed by atoms with Gasteiger partial charge in [0.25, 0.3) is 0 Å². The number of hydrogen-bond donors (Lipinski definition) is 3. The van der Waals surface area contributed by atoms with Gasteiger partial charge in [-0.05, 0) is 61.9 Å². The van der Waals surface area contributed by atoms with Gasteiger partial charge in [-0.1, -0.05) is 6.07 Å². The molecule has 1 aliphatic rings. The number of likely N-dealkylation sites (N-methyl/N-ethyl adjacent to an activating group) is 1. The number of halogens is 1. The Morgan fingerprint density at radius 1 is 1.19 bits per heavy atom. The van der Waals surface area contributed by atoms with Crippen LogP contribution in [0.5, 0.6) is 0 Å². The van der Waals surface area contributed by atoms with E-state index in [-0.39, 0.29) is 30.8 Å². The Balaban J connectivity index is 0.00000243. The molecule has 0 spiro atoms. The summed E-state index contributed by atoms with van der Waals surface area (Å²) in [4.78, 5) is 23.9. The molecule has 7 heteroatoms. The molecule has 1 saturated heterocycles. The van der Waals surface area contributed by atoms with Gasteiger partial charge in [0.1, 0.15) is 6.54 Å². The zero-order valence-corrected chi connectivity index (χ0v) is 15.9. The van der Waals surface area contributed by atoms with Crippen LogP contribution in [-0.4, -0.2) is 36.5 Å². The highest BCUT2D eigenvalue weighted by molar-refractivity contribution is 5.94. The first-order chi connectivity index (χ1) is 12.2. The number of carbonyl (C=O) groups is 2. The quantitative estimate of drug-likeness (QED) is 0.723. The normalized spacial score (nSPS) is 14.7. The zero-order chi connectivity index (χ0) is 17.6. The number of nitrogens with zero attached hydrogens (tertiary/aromatic N) is 1. The van der Waals surface area contributed by atoms with Crippen LogP contribution < -0.4 is 16.0 Å². The van der Waals surface area contributed by atoms with Crippen molar-refractivity contribution < 1.29 is 9.59 Å². The maximum absolute atomic E-state index is 12.2. The Hall–Kier alpha value is -2.05. The third kappa shape index (κ3) is 5.22. The Labute approximate surface area is 160 Å². The lowest BCUT2D eigenvalue weighted by Crippen LogP contribution is -2.28. The van der Waals surface area contributed by atoms with Crippen LogP contribution in [0.25, 0.3) is 10.9 Å². The van der Waals surface area contributed by atoms with Crippen molar-refractivity contribution in [2.75, 3.05) is 25.5 Å². The van der Waals surface area contributed by atoms with Gasteiger partial charge in [0.2, 0.25) is 11.8 Å². The van der Waals surface area contributed by atoms with Gasteiger partial charge in [-0.15, -0.1) is 12.4 Å². The van der Waals surface area contributed by atoms with E-state index in [0.717, 1.165) is 48.9 Å². The predicted molar refractivity (Wildman–Crippen MR) is 107 cm³/mol. The molecular formula is C19H27ClN4O2. The molecule has 1 aromatic carbocycles. The van der Waals surface area contributed by atoms with Crippen molar-refractivity contribution in [3.8, 4) is 0 Å². The first kappa shape index (κ1) is 20.3. The second kappa shape index (κ2) is 9.59. The molecule has 0 saturated carbocycles. The van der Waals surface area contributed by atoms with Crippen LogP contribution in [0.1, 0.15) is 25.7 Å². The molecule has 1 fully saturated rings. The zero-order valence-electron chi connectivity index (χ0n) is 15.1. The number of benzene rings is 1. The van der Waals surface area contributed by atoms with Crippen molar-refractivity contribution in [2.24, 2.45) is 5.92 Å². The van der Waals surface area contributed by atoms with E-state index in [2.05, 4.69) is 16.0 Å². The summed E-state index contributed by atoms with van der Waals surface area (Å²) in [5.74, 6) is 0.662. The van der Waals surface area contributed by atoms with E-state index in [0.29, 0.717) is 12.3 Å². The Kier molecular flexibility index (Phi) is 7.48. The topological polar surface area (TPSA) is 75.2 Å². The average molecular weight is 379 g/mol. The maximum Gasteiger partial charge on any atom is 0.239 e. The van der Waals surface area contributed by atoms with Gasteiger partial charge in [0, 0.05) is 25.4 Å². The SMILES string of the molecule is CNC(=O)Cn1ccc2ccc(NC(=O)CCC3CCNCC3)cc21.Cl. The van der Waals surface area contributed by atoms with E-state index < -0.39 is 0 Å². The van der Waals surface area contributed by atoms with E-state index in [1.165, 1.54) is 0 Å². The number of nitrogens with one attached hydrogen (secondary N) is 3. The van der Waals surface area contributed by atoms with Crippen molar-refractivity contribution in [2.45, 2.75) is 32.2 Å². The molecule has 0 bridgehead atoms. The number of amides is 2. The van der Waals surface area contributed by atoms with Crippen molar-refractivity contribution in [1.29, 1.82) is 0 Å². The summed E-state index contributed by atoms with van der Waals surface area (Å²) >= 11 is 0. The molecule has 0 aliphatic carbocycles. The molecule has 2 heterocycles. The minimum atomic E-state index is -0.0473. The molecule has 0 radical (unpaired) electrons. The molecule has 2 amide bonds. The summed E-state index contributed by atoms with van der Waals surface area (Å²) in [5, 5.41) is 10.0. The molecule has 0 unspecified atom stereocenters. The molecule has 3 N–H and O–H groups in total. The molecule has 26 heavy (non-hydrogen) atoms. The molecule has 142 valence electrons. The minimum absolute atomic E-state index is 0. The molecule has 0 atom stereocenters. The van der Waals surface area contributed by atoms with Crippen LogP contribution >= 0.6 is 12.4 Å². The highest BCUT2D eigenvalue weighted by atomic mass is 35.5. The number of anilines is 1. The summed E-state index contributed by atoms with van der Waals surface area (Å²) < 4.78 is 1.89. The van der Waals surface area contributed by atoms with E-state index in [4.69, 9.17) is 0 Å². The molecule has 6 nitrogen and oxygen atoms in total. The van der Waals surface area contributed by atoms with Gasteiger partial charge in [0.05, 0.1) is 5.52 Å². The summed E-state index contributed by atoms with van der Waals surface area (Å²) in [6, 6.07) is 7.79. The highest BCUT2D eigenvalue weighted by Crippen LogP contribution is 2.22. The molecule has 1 aromatic heterocycles. The largest absolute Gasteiger partial charge is 0.358 e. The second-order valence-electron chi connectivity index (χ2n) is 6.67. The lowest BCUT2D eigenvalue weighted by atomic mass is 9.93. The number of rotatable bonds is 6. The minimum Gasteiger partial charge on any atom is -0.358 e. The van der Waals surface area contributed by atoms with E-state index in [1.807, 2.05) is 35.0 Å². The fourth-order valence-corrected chi connectivity index (χ4v) is 3.36. The van der Waals surface area contributed by atoms with Crippen LogP contribution in [0, 0.1) is 5.92 Å². The third-order valence-electron chi connectivity index (χ3n) is 4.89. The Bertz CT molecular complexity index is 753. The fraction of sp³-hybridized carbons (Fsp3) is 0.474. The van der Waals surface area contributed by atoms with Gasteiger partial charge < -0.3 is 20.5 Å². The van der Waals surface area contributed by atoms with Crippen molar-refractivity contribution in [3.63, 3.8) is 0 Å². The van der Waals surface area contributed by atoms with Crippen LogP contribution in [0.2, 0.25) is 0 Å². The number of hydrogen-bond acceptors (Lipinski definition) is 3. The van der Waals surface area contributed by atoms with Gasteiger partial charge in [-0.2, -0.15) is 0 Å². The van der Waals surface area contributed by atoms with E-state index in [9.17, 15) is 9.59 Å².